The first-order valence-corrected chi connectivity index (χ1v) is 8.32. The Balaban J connectivity index is 2.53. The molecule has 0 bridgehead atoms. The Morgan fingerprint density at radius 3 is 1.79 bits per heavy atom. The summed E-state index contributed by atoms with van der Waals surface area (Å²) in [5.41, 5.74) is 2.35. The van der Waals surface area contributed by atoms with Crippen molar-refractivity contribution in [1.29, 1.82) is 0 Å². The Kier molecular flexibility index (Phi) is 5.29. The van der Waals surface area contributed by atoms with Crippen LogP contribution in [0.1, 0.15) is 64.3 Å². The van der Waals surface area contributed by atoms with Crippen molar-refractivity contribution >= 4 is 0 Å². The molecule has 0 atom stereocenters. The van der Waals surface area contributed by atoms with E-state index in [1.807, 2.05) is 30.3 Å². The van der Waals surface area contributed by atoms with Crippen molar-refractivity contribution in [3.8, 4) is 5.75 Å². The van der Waals surface area contributed by atoms with Crippen molar-refractivity contribution in [3.05, 3.63) is 53.1 Å². The standard InChI is InChI=1S/C20H28N2O2/c1-19(2,3)17-16(24-13-14-10-8-7-9-11-14)18(20(4,5)6)22-15(12-23)21-17/h7-11,23H,12-13H2,1-6H3. The van der Waals surface area contributed by atoms with E-state index in [4.69, 9.17) is 4.74 Å². The molecule has 1 aromatic carbocycles. The third-order valence-electron chi connectivity index (χ3n) is 3.70. The molecule has 130 valence electrons. The Labute approximate surface area is 144 Å². The predicted molar refractivity (Wildman–Crippen MR) is 96.1 cm³/mol. The Morgan fingerprint density at radius 2 is 1.38 bits per heavy atom. The summed E-state index contributed by atoms with van der Waals surface area (Å²) in [6, 6.07) is 10.1. The summed E-state index contributed by atoms with van der Waals surface area (Å²) in [6.45, 7) is 12.9. The van der Waals surface area contributed by atoms with Gasteiger partial charge in [0.2, 0.25) is 0 Å². The smallest absolute Gasteiger partial charge is 0.163 e. The lowest BCUT2D eigenvalue weighted by molar-refractivity contribution is 0.259. The van der Waals surface area contributed by atoms with Gasteiger partial charge in [-0.3, -0.25) is 0 Å². The van der Waals surface area contributed by atoms with Gasteiger partial charge in [0.05, 0.1) is 11.4 Å². The van der Waals surface area contributed by atoms with Gasteiger partial charge in [-0.2, -0.15) is 0 Å². The van der Waals surface area contributed by atoms with Crippen LogP contribution in [0.2, 0.25) is 0 Å². The maximum atomic E-state index is 9.55. The van der Waals surface area contributed by atoms with Gasteiger partial charge in [-0.05, 0) is 5.56 Å². The Hall–Kier alpha value is -1.94. The van der Waals surface area contributed by atoms with Crippen LogP contribution < -0.4 is 4.74 Å². The largest absolute Gasteiger partial charge is 0.485 e. The van der Waals surface area contributed by atoms with Gasteiger partial charge in [-0.1, -0.05) is 71.9 Å². The summed E-state index contributed by atoms with van der Waals surface area (Å²) >= 11 is 0. The van der Waals surface area contributed by atoms with Crippen LogP contribution in [0, 0.1) is 0 Å². The molecule has 4 heteroatoms. The van der Waals surface area contributed by atoms with Crippen LogP contribution >= 0.6 is 0 Å². The third kappa shape index (κ3) is 4.32. The number of hydrogen-bond acceptors (Lipinski definition) is 4. The molecule has 0 unspecified atom stereocenters. The highest BCUT2D eigenvalue weighted by Gasteiger charge is 2.30. The van der Waals surface area contributed by atoms with Crippen molar-refractivity contribution in [2.75, 3.05) is 0 Å². The van der Waals surface area contributed by atoms with Gasteiger partial charge in [0, 0.05) is 10.8 Å². The molecule has 2 rings (SSSR count). The molecule has 0 aliphatic carbocycles. The average Bonchev–Trinajstić information content (AvgIpc) is 2.51. The zero-order valence-electron chi connectivity index (χ0n) is 15.6. The van der Waals surface area contributed by atoms with Crippen molar-refractivity contribution < 1.29 is 9.84 Å². The number of benzene rings is 1. The highest BCUT2D eigenvalue weighted by atomic mass is 16.5. The number of nitrogens with zero attached hydrogens (tertiary/aromatic N) is 2. The minimum Gasteiger partial charge on any atom is -0.485 e. The molecule has 1 heterocycles. The molecular formula is C20H28N2O2. The minimum absolute atomic E-state index is 0.175. The molecular weight excluding hydrogens is 300 g/mol. The van der Waals surface area contributed by atoms with E-state index in [0.717, 1.165) is 22.7 Å². The molecule has 0 saturated carbocycles. The number of aliphatic hydroxyl groups is 1. The molecule has 0 aliphatic rings. The number of hydrogen-bond donors (Lipinski definition) is 1. The van der Waals surface area contributed by atoms with E-state index in [0.29, 0.717) is 12.4 Å². The number of rotatable bonds is 4. The van der Waals surface area contributed by atoms with Crippen molar-refractivity contribution in [1.82, 2.24) is 9.97 Å². The van der Waals surface area contributed by atoms with E-state index in [9.17, 15) is 5.11 Å². The molecule has 4 nitrogen and oxygen atoms in total. The van der Waals surface area contributed by atoms with Crippen LogP contribution in [0.3, 0.4) is 0 Å². The molecule has 0 radical (unpaired) electrons. The highest BCUT2D eigenvalue weighted by molar-refractivity contribution is 5.41. The second-order valence-corrected chi connectivity index (χ2v) is 8.10. The van der Waals surface area contributed by atoms with E-state index in [-0.39, 0.29) is 17.4 Å². The molecule has 0 amide bonds. The van der Waals surface area contributed by atoms with Crippen LogP contribution in [-0.2, 0) is 24.0 Å². The quantitative estimate of drug-likeness (QED) is 0.916. The summed E-state index contributed by atoms with van der Waals surface area (Å²) in [5, 5.41) is 9.55. The van der Waals surface area contributed by atoms with E-state index in [2.05, 4.69) is 51.5 Å². The fourth-order valence-electron chi connectivity index (χ4n) is 2.45. The third-order valence-corrected chi connectivity index (χ3v) is 3.70. The summed E-state index contributed by atoms with van der Waals surface area (Å²) in [7, 11) is 0. The highest BCUT2D eigenvalue weighted by Crippen LogP contribution is 2.37. The maximum Gasteiger partial charge on any atom is 0.163 e. The van der Waals surface area contributed by atoms with Crippen LogP contribution in [0.4, 0.5) is 0 Å². The summed E-state index contributed by atoms with van der Waals surface area (Å²) < 4.78 is 6.20. The number of aliphatic hydroxyl groups excluding tert-OH is 1. The molecule has 1 N–H and O–H groups in total. The summed E-state index contributed by atoms with van der Waals surface area (Å²) in [6.07, 6.45) is 0. The first kappa shape index (κ1) is 18.4. The molecule has 0 spiro atoms. The molecule has 0 aliphatic heterocycles. The van der Waals surface area contributed by atoms with Crippen molar-refractivity contribution in [2.24, 2.45) is 0 Å². The average molecular weight is 328 g/mol. The second-order valence-electron chi connectivity index (χ2n) is 8.10. The first-order chi connectivity index (χ1) is 11.1. The Bertz CT molecular complexity index is 648. The first-order valence-electron chi connectivity index (χ1n) is 8.32. The van der Waals surface area contributed by atoms with Gasteiger partial charge in [-0.25, -0.2) is 9.97 Å². The molecule has 0 saturated heterocycles. The van der Waals surface area contributed by atoms with E-state index in [1.54, 1.807) is 0 Å². The lowest BCUT2D eigenvalue weighted by atomic mass is 9.85. The van der Waals surface area contributed by atoms with Crippen LogP contribution in [-0.4, -0.2) is 15.1 Å². The number of aromatic nitrogens is 2. The zero-order chi connectivity index (χ0) is 18.0. The second kappa shape index (κ2) is 6.89. The SMILES string of the molecule is CC(C)(C)c1nc(CO)nc(C(C)(C)C)c1OCc1ccccc1. The fourth-order valence-corrected chi connectivity index (χ4v) is 2.45. The topological polar surface area (TPSA) is 55.2 Å². The molecule has 1 aromatic heterocycles. The summed E-state index contributed by atoms with van der Waals surface area (Å²) in [4.78, 5) is 9.13. The lowest BCUT2D eigenvalue weighted by Gasteiger charge is -2.28. The van der Waals surface area contributed by atoms with Gasteiger partial charge in [0.1, 0.15) is 13.2 Å². The van der Waals surface area contributed by atoms with Crippen LogP contribution in [0.5, 0.6) is 5.75 Å². The minimum atomic E-state index is -0.209. The van der Waals surface area contributed by atoms with Gasteiger partial charge in [-0.15, -0.1) is 0 Å². The fraction of sp³-hybridized carbons (Fsp3) is 0.500. The van der Waals surface area contributed by atoms with Gasteiger partial charge >= 0.3 is 0 Å². The Morgan fingerprint density at radius 1 is 0.875 bits per heavy atom. The zero-order valence-corrected chi connectivity index (χ0v) is 15.6. The molecule has 0 fully saturated rings. The number of ether oxygens (including phenoxy) is 1. The molecule has 2 aromatic rings. The van der Waals surface area contributed by atoms with Gasteiger partial charge < -0.3 is 9.84 Å². The normalized spacial score (nSPS) is 12.3. The van der Waals surface area contributed by atoms with Crippen molar-refractivity contribution in [3.63, 3.8) is 0 Å². The maximum absolute atomic E-state index is 9.55. The van der Waals surface area contributed by atoms with Gasteiger partial charge in [0.25, 0.3) is 0 Å². The van der Waals surface area contributed by atoms with E-state index >= 15 is 0 Å². The summed E-state index contributed by atoms with van der Waals surface area (Å²) in [5.74, 6) is 1.17. The molecule has 24 heavy (non-hydrogen) atoms. The van der Waals surface area contributed by atoms with Gasteiger partial charge in [0.15, 0.2) is 11.6 Å². The van der Waals surface area contributed by atoms with Crippen molar-refractivity contribution in [2.45, 2.75) is 65.6 Å². The monoisotopic (exact) mass is 328 g/mol. The van der Waals surface area contributed by atoms with Crippen LogP contribution in [0.15, 0.2) is 30.3 Å². The van der Waals surface area contributed by atoms with E-state index < -0.39 is 0 Å². The van der Waals surface area contributed by atoms with E-state index in [1.165, 1.54) is 0 Å². The predicted octanol–water partition coefficient (Wildman–Crippen LogP) is 4.14. The lowest BCUT2D eigenvalue weighted by Crippen LogP contribution is -2.24. The van der Waals surface area contributed by atoms with Crippen LogP contribution in [0.25, 0.3) is 0 Å².